The van der Waals surface area contributed by atoms with Crippen LogP contribution in [0, 0.1) is 0 Å². The molecule has 2 aromatic carbocycles. The summed E-state index contributed by atoms with van der Waals surface area (Å²) in [5.41, 5.74) is 6.98. The Kier molecular flexibility index (Phi) is 9.77. The van der Waals surface area contributed by atoms with Crippen LogP contribution >= 0.6 is 23.2 Å². The van der Waals surface area contributed by atoms with E-state index in [9.17, 15) is 9.59 Å². The molecule has 0 radical (unpaired) electrons. The second-order valence-corrected chi connectivity index (χ2v) is 13.1. The molecule has 5 heterocycles. The van der Waals surface area contributed by atoms with E-state index >= 15 is 0 Å². The summed E-state index contributed by atoms with van der Waals surface area (Å²) in [7, 11) is 1.64. The average molecular weight is 700 g/mol. The van der Waals surface area contributed by atoms with Gasteiger partial charge in [-0.25, -0.2) is 4.98 Å². The van der Waals surface area contributed by atoms with Gasteiger partial charge in [0.15, 0.2) is 5.65 Å². The van der Waals surface area contributed by atoms with Crippen LogP contribution in [0.2, 0.25) is 10.0 Å². The number of rotatable bonds is 12. The van der Waals surface area contributed by atoms with Gasteiger partial charge in [0.25, 0.3) is 0 Å². The third-order valence-corrected chi connectivity index (χ3v) is 9.77. The van der Waals surface area contributed by atoms with E-state index in [-0.39, 0.29) is 23.9 Å². The lowest BCUT2D eigenvalue weighted by molar-refractivity contribution is -0.120. The molecule has 2 amide bonds. The highest BCUT2D eigenvalue weighted by Gasteiger charge is 2.22. The summed E-state index contributed by atoms with van der Waals surface area (Å²) in [6.07, 6.45) is 10.2. The standard InChI is InChI=1S/C36H36Cl2N8O3/c1-49-30-13-21(5-6-22(30)14-39-15-23-7-9-32(47)44-23)36-35(38)27(11-12-41-36)26-3-2-4-28(34(26)37)29-20-46-19-25(43-31(46)18-42-29)17-40-16-24-8-10-33(48)45-24/h2-6,11-13,18-20,23-24,39-40H,7-10,14-17H2,1H3,(H,44,47)(H,45,48)/t23-,24-/m0/s1. The monoisotopic (exact) mass is 698 g/mol. The summed E-state index contributed by atoms with van der Waals surface area (Å²) >= 11 is 14.1. The van der Waals surface area contributed by atoms with Gasteiger partial charge in [-0.2, -0.15) is 0 Å². The van der Waals surface area contributed by atoms with Crippen LogP contribution in [0.4, 0.5) is 0 Å². The van der Waals surface area contributed by atoms with Crippen molar-refractivity contribution in [2.45, 2.75) is 50.9 Å². The van der Waals surface area contributed by atoms with Crippen LogP contribution in [-0.4, -0.2) is 63.4 Å². The van der Waals surface area contributed by atoms with Crippen LogP contribution in [0.1, 0.15) is 36.9 Å². The van der Waals surface area contributed by atoms with E-state index in [1.807, 2.05) is 59.3 Å². The van der Waals surface area contributed by atoms with Gasteiger partial charge in [-0.3, -0.25) is 19.6 Å². The molecule has 13 heteroatoms. The number of aromatic nitrogens is 4. The minimum absolute atomic E-state index is 0.105. The minimum Gasteiger partial charge on any atom is -0.496 e. The lowest BCUT2D eigenvalue weighted by Crippen LogP contribution is -2.35. The van der Waals surface area contributed by atoms with Crippen LogP contribution < -0.4 is 26.0 Å². The van der Waals surface area contributed by atoms with Gasteiger partial charge >= 0.3 is 0 Å². The van der Waals surface area contributed by atoms with Crippen molar-refractivity contribution in [2.75, 3.05) is 20.2 Å². The fourth-order valence-corrected chi connectivity index (χ4v) is 7.07. The smallest absolute Gasteiger partial charge is 0.220 e. The van der Waals surface area contributed by atoms with E-state index in [4.69, 9.17) is 27.9 Å². The Morgan fingerprint density at radius 1 is 0.878 bits per heavy atom. The number of hydrogen-bond donors (Lipinski definition) is 4. The summed E-state index contributed by atoms with van der Waals surface area (Å²) in [6.45, 7) is 2.57. The molecule has 2 atom stereocenters. The SMILES string of the molecule is COc1cc(-c2nccc(-c3cccc(-c4cn5cc(CNC[C@@H]6CCC(=O)N6)nc5cn4)c3Cl)c2Cl)ccc1CNC[C@@H]1CCC(=O)N1. The molecule has 0 spiro atoms. The molecule has 49 heavy (non-hydrogen) atoms. The van der Waals surface area contributed by atoms with Gasteiger partial charge in [-0.15, -0.1) is 0 Å². The molecule has 0 unspecified atom stereocenters. The maximum Gasteiger partial charge on any atom is 0.220 e. The zero-order chi connectivity index (χ0) is 33.9. The molecule has 4 N–H and O–H groups in total. The van der Waals surface area contributed by atoms with Crippen LogP contribution in [0.15, 0.2) is 67.3 Å². The van der Waals surface area contributed by atoms with Gasteiger partial charge in [0.2, 0.25) is 11.8 Å². The van der Waals surface area contributed by atoms with Gasteiger partial charge in [-0.1, -0.05) is 53.5 Å². The number of pyridine rings is 1. The van der Waals surface area contributed by atoms with Crippen molar-refractivity contribution in [3.05, 3.63) is 88.6 Å². The van der Waals surface area contributed by atoms with Crippen molar-refractivity contribution in [3.63, 3.8) is 0 Å². The Morgan fingerprint density at radius 3 is 2.31 bits per heavy atom. The lowest BCUT2D eigenvalue weighted by Gasteiger charge is -2.16. The lowest BCUT2D eigenvalue weighted by atomic mass is 9.99. The fraction of sp³-hybridized carbons (Fsp3) is 0.306. The number of fused-ring (bicyclic) bond motifs is 1. The van der Waals surface area contributed by atoms with Crippen LogP contribution in [0.25, 0.3) is 39.3 Å². The second-order valence-electron chi connectivity index (χ2n) is 12.4. The zero-order valence-corrected chi connectivity index (χ0v) is 28.4. The van der Waals surface area contributed by atoms with Crippen LogP contribution in [0.3, 0.4) is 0 Å². The largest absolute Gasteiger partial charge is 0.496 e. The first-order valence-electron chi connectivity index (χ1n) is 16.3. The van der Waals surface area contributed by atoms with Crippen LogP contribution in [-0.2, 0) is 22.7 Å². The topological polar surface area (TPSA) is 135 Å². The maximum absolute atomic E-state index is 11.5. The van der Waals surface area contributed by atoms with Crippen molar-refractivity contribution in [2.24, 2.45) is 0 Å². The van der Waals surface area contributed by atoms with E-state index in [0.29, 0.717) is 66.2 Å². The molecule has 252 valence electrons. The number of methoxy groups -OCH3 is 1. The normalized spacial score (nSPS) is 17.4. The molecule has 2 fully saturated rings. The number of hydrogen-bond acceptors (Lipinski definition) is 8. The number of carbonyl (C=O) groups excluding carboxylic acids is 2. The van der Waals surface area contributed by atoms with E-state index in [1.54, 1.807) is 19.5 Å². The zero-order valence-electron chi connectivity index (χ0n) is 26.9. The van der Waals surface area contributed by atoms with E-state index in [2.05, 4.69) is 36.2 Å². The molecule has 0 saturated carbocycles. The summed E-state index contributed by atoms with van der Waals surface area (Å²) in [5, 5.41) is 13.7. The molecule has 2 aliphatic rings. The molecule has 3 aromatic heterocycles. The first kappa shape index (κ1) is 33.0. The first-order valence-corrected chi connectivity index (χ1v) is 17.1. The molecule has 0 bridgehead atoms. The number of halogens is 2. The highest BCUT2D eigenvalue weighted by atomic mass is 35.5. The minimum atomic E-state index is 0.105. The van der Waals surface area contributed by atoms with Crippen molar-refractivity contribution in [1.82, 2.24) is 40.6 Å². The summed E-state index contributed by atoms with van der Waals surface area (Å²) in [6, 6.07) is 13.9. The number of benzene rings is 2. The first-order chi connectivity index (χ1) is 23.9. The molecule has 11 nitrogen and oxygen atoms in total. The fourth-order valence-electron chi connectivity index (χ4n) is 6.42. The summed E-state index contributed by atoms with van der Waals surface area (Å²) in [5.74, 6) is 0.927. The molecular formula is C36H36Cl2N8O3. The number of ether oxygens (including phenoxy) is 1. The van der Waals surface area contributed by atoms with Gasteiger partial charge in [0.1, 0.15) is 5.75 Å². The molecular weight excluding hydrogens is 663 g/mol. The van der Waals surface area contributed by atoms with E-state index < -0.39 is 0 Å². The average Bonchev–Trinajstić information content (AvgIpc) is 3.84. The van der Waals surface area contributed by atoms with Gasteiger partial charge in [0, 0.05) is 97.5 Å². The molecule has 0 aliphatic carbocycles. The van der Waals surface area contributed by atoms with Crippen LogP contribution in [0.5, 0.6) is 5.75 Å². The third-order valence-electron chi connectivity index (χ3n) is 8.98. The highest BCUT2D eigenvalue weighted by Crippen LogP contribution is 2.42. The third kappa shape index (κ3) is 7.25. The van der Waals surface area contributed by atoms with Gasteiger partial charge in [0.05, 0.1) is 40.4 Å². The number of carbonyl (C=O) groups is 2. The van der Waals surface area contributed by atoms with E-state index in [0.717, 1.165) is 52.0 Å². The summed E-state index contributed by atoms with van der Waals surface area (Å²) in [4.78, 5) is 37.0. The van der Waals surface area contributed by atoms with Crippen molar-refractivity contribution >= 4 is 40.7 Å². The molecule has 2 aliphatic heterocycles. The maximum atomic E-state index is 11.5. The summed E-state index contributed by atoms with van der Waals surface area (Å²) < 4.78 is 7.67. The Balaban J connectivity index is 1.09. The molecule has 5 aromatic rings. The van der Waals surface area contributed by atoms with Crippen molar-refractivity contribution in [3.8, 4) is 39.4 Å². The quantitative estimate of drug-likeness (QED) is 0.140. The number of nitrogens with zero attached hydrogens (tertiary/aromatic N) is 4. The predicted molar refractivity (Wildman–Crippen MR) is 189 cm³/mol. The predicted octanol–water partition coefficient (Wildman–Crippen LogP) is 5.18. The Labute approximate surface area is 293 Å². The molecule has 7 rings (SSSR count). The van der Waals surface area contributed by atoms with Crippen molar-refractivity contribution < 1.29 is 14.3 Å². The number of amides is 2. The Hall–Kier alpha value is -4.55. The van der Waals surface area contributed by atoms with Gasteiger partial charge in [-0.05, 0) is 25.0 Å². The van der Waals surface area contributed by atoms with E-state index in [1.165, 1.54) is 0 Å². The Morgan fingerprint density at radius 2 is 1.59 bits per heavy atom. The second kappa shape index (κ2) is 14.5. The van der Waals surface area contributed by atoms with Crippen molar-refractivity contribution in [1.29, 1.82) is 0 Å². The Bertz CT molecular complexity index is 2030. The number of imidazole rings is 1. The number of nitrogens with one attached hydrogen (secondary N) is 4. The highest BCUT2D eigenvalue weighted by molar-refractivity contribution is 6.39. The molecule has 2 saturated heterocycles. The van der Waals surface area contributed by atoms with Gasteiger partial charge < -0.3 is 30.4 Å².